The quantitative estimate of drug-likeness (QED) is 0.784. The molecule has 1 aliphatic heterocycles. The zero-order valence-corrected chi connectivity index (χ0v) is 13.7. The van der Waals surface area contributed by atoms with Crippen LogP contribution < -0.4 is 0 Å². The topological polar surface area (TPSA) is 68.6 Å². The number of aryl methyl sites for hydroxylation is 1. The highest BCUT2D eigenvalue weighted by molar-refractivity contribution is 8.13. The molecule has 118 valence electrons. The molecule has 0 spiro atoms. The van der Waals surface area contributed by atoms with Crippen molar-refractivity contribution in [1.29, 1.82) is 0 Å². The molecule has 1 atom stereocenters. The van der Waals surface area contributed by atoms with Crippen LogP contribution >= 0.6 is 10.7 Å². The lowest BCUT2D eigenvalue weighted by Crippen LogP contribution is -2.43. The van der Waals surface area contributed by atoms with E-state index in [1.54, 1.807) is 11.9 Å². The molecule has 1 aliphatic rings. The molecule has 0 radical (unpaired) electrons. The van der Waals surface area contributed by atoms with Crippen LogP contribution in [0.4, 0.5) is 0 Å². The number of rotatable bonds is 4. The van der Waals surface area contributed by atoms with Crippen LogP contribution in [0, 0.1) is 0 Å². The van der Waals surface area contributed by atoms with E-state index in [0.717, 1.165) is 12.8 Å². The minimum absolute atomic E-state index is 0.0456. The van der Waals surface area contributed by atoms with Crippen molar-refractivity contribution >= 4 is 25.6 Å². The van der Waals surface area contributed by atoms with Gasteiger partial charge in [0.15, 0.2) is 0 Å². The van der Waals surface area contributed by atoms with E-state index in [0.29, 0.717) is 25.4 Å². The van der Waals surface area contributed by atoms with Gasteiger partial charge in [-0.25, -0.2) is 8.42 Å². The fourth-order valence-electron chi connectivity index (χ4n) is 2.54. The number of hydrogen-bond donors (Lipinski definition) is 0. The van der Waals surface area contributed by atoms with E-state index in [2.05, 4.69) is 0 Å². The van der Waals surface area contributed by atoms with E-state index < -0.39 is 9.05 Å². The zero-order valence-electron chi connectivity index (χ0n) is 12.1. The maximum Gasteiger partial charge on any atom is 0.270 e. The second-order valence-corrected chi connectivity index (χ2v) is 7.65. The smallest absolute Gasteiger partial charge is 0.270 e. The maximum atomic E-state index is 12.5. The van der Waals surface area contributed by atoms with Crippen LogP contribution in [0.5, 0.6) is 0 Å². The van der Waals surface area contributed by atoms with Gasteiger partial charge in [-0.05, 0) is 25.8 Å². The summed E-state index contributed by atoms with van der Waals surface area (Å²) < 4.78 is 29.7. The van der Waals surface area contributed by atoms with E-state index in [9.17, 15) is 13.2 Å². The third-order valence-corrected chi connectivity index (χ3v) is 4.87. The van der Waals surface area contributed by atoms with Gasteiger partial charge in [-0.15, -0.1) is 0 Å². The summed E-state index contributed by atoms with van der Waals surface area (Å²) >= 11 is 0. The zero-order chi connectivity index (χ0) is 15.6. The third-order valence-electron chi connectivity index (χ3n) is 3.55. The Balaban J connectivity index is 2.18. The third kappa shape index (κ3) is 3.78. The molecule has 6 nitrogen and oxygen atoms in total. The highest BCUT2D eigenvalue weighted by Gasteiger charge is 2.27. The molecule has 1 aromatic heterocycles. The second kappa shape index (κ2) is 6.37. The molecule has 1 saturated heterocycles. The molecule has 21 heavy (non-hydrogen) atoms. The van der Waals surface area contributed by atoms with Crippen molar-refractivity contribution in [2.75, 3.05) is 19.7 Å². The molecule has 0 aromatic carbocycles. The van der Waals surface area contributed by atoms with E-state index in [1.807, 2.05) is 6.92 Å². The monoisotopic (exact) mass is 334 g/mol. The molecule has 0 N–H and O–H groups in total. The van der Waals surface area contributed by atoms with Crippen LogP contribution in [0.1, 0.15) is 30.3 Å². The van der Waals surface area contributed by atoms with Crippen molar-refractivity contribution in [2.45, 2.75) is 30.8 Å². The summed E-state index contributed by atoms with van der Waals surface area (Å²) in [5.74, 6) is -0.200. The summed E-state index contributed by atoms with van der Waals surface area (Å²) in [4.78, 5) is 14.2. The molecule has 1 aromatic rings. The van der Waals surface area contributed by atoms with Crippen molar-refractivity contribution < 1.29 is 17.9 Å². The standard InChI is InChI=1S/C13H19ClN2O4S/c1-3-20-10-5-4-6-16(8-10)13(17)12-7-11(9-15(12)2)21(14,18)19/h7,9-10H,3-6,8H2,1-2H3. The van der Waals surface area contributed by atoms with Crippen molar-refractivity contribution in [3.63, 3.8) is 0 Å². The van der Waals surface area contributed by atoms with Crippen LogP contribution in [-0.4, -0.2) is 49.6 Å². The number of aromatic nitrogens is 1. The van der Waals surface area contributed by atoms with Crippen molar-refractivity contribution in [3.05, 3.63) is 18.0 Å². The normalized spacial score (nSPS) is 19.8. The molecular weight excluding hydrogens is 316 g/mol. The van der Waals surface area contributed by atoms with Gasteiger partial charge in [-0.1, -0.05) is 0 Å². The molecule has 8 heteroatoms. The lowest BCUT2D eigenvalue weighted by atomic mass is 10.1. The Hall–Kier alpha value is -1.05. The molecule has 1 amide bonds. The first kappa shape index (κ1) is 16.3. The molecule has 2 heterocycles. The first-order chi connectivity index (χ1) is 9.82. The maximum absolute atomic E-state index is 12.5. The number of hydrogen-bond acceptors (Lipinski definition) is 4. The predicted molar refractivity (Wildman–Crippen MR) is 79.0 cm³/mol. The molecule has 1 unspecified atom stereocenters. The van der Waals surface area contributed by atoms with Crippen LogP contribution in [0.2, 0.25) is 0 Å². The number of nitrogens with zero attached hydrogens (tertiary/aromatic N) is 2. The first-order valence-corrected chi connectivity index (χ1v) is 9.15. The summed E-state index contributed by atoms with van der Waals surface area (Å²) in [7, 11) is 3.11. The average molecular weight is 335 g/mol. The highest BCUT2D eigenvalue weighted by Crippen LogP contribution is 2.21. The van der Waals surface area contributed by atoms with Gasteiger partial charge in [-0.2, -0.15) is 0 Å². The van der Waals surface area contributed by atoms with Gasteiger partial charge >= 0.3 is 0 Å². The Kier molecular flexibility index (Phi) is 4.95. The molecular formula is C13H19ClN2O4S. The minimum Gasteiger partial charge on any atom is -0.377 e. The SMILES string of the molecule is CCOC1CCCN(C(=O)c2cc(S(=O)(=O)Cl)cn2C)C1. The summed E-state index contributed by atoms with van der Waals surface area (Å²) in [6.45, 7) is 3.72. The number of amides is 1. The van der Waals surface area contributed by atoms with Crippen LogP contribution in [0.3, 0.4) is 0 Å². The molecule has 0 saturated carbocycles. The Morgan fingerprint density at radius 3 is 2.81 bits per heavy atom. The van der Waals surface area contributed by atoms with Gasteiger partial charge in [0.25, 0.3) is 15.0 Å². The van der Waals surface area contributed by atoms with E-state index >= 15 is 0 Å². The molecule has 2 rings (SSSR count). The lowest BCUT2D eigenvalue weighted by Gasteiger charge is -2.32. The fourth-order valence-corrected chi connectivity index (χ4v) is 3.33. The average Bonchev–Trinajstić information content (AvgIpc) is 2.81. The largest absolute Gasteiger partial charge is 0.377 e. The van der Waals surface area contributed by atoms with Crippen LogP contribution in [0.15, 0.2) is 17.2 Å². The molecule has 0 bridgehead atoms. The van der Waals surface area contributed by atoms with Gasteiger partial charge < -0.3 is 14.2 Å². The summed E-state index contributed by atoms with van der Waals surface area (Å²) in [5.41, 5.74) is 0.311. The van der Waals surface area contributed by atoms with Crippen LogP contribution in [-0.2, 0) is 20.8 Å². The van der Waals surface area contributed by atoms with E-state index in [1.165, 1.54) is 16.8 Å². The first-order valence-electron chi connectivity index (χ1n) is 6.84. The minimum atomic E-state index is -3.83. The van der Waals surface area contributed by atoms with Crippen molar-refractivity contribution in [1.82, 2.24) is 9.47 Å². The van der Waals surface area contributed by atoms with Crippen molar-refractivity contribution in [3.8, 4) is 0 Å². The van der Waals surface area contributed by atoms with E-state index in [-0.39, 0.29) is 16.9 Å². The fraction of sp³-hybridized carbons (Fsp3) is 0.615. The van der Waals surface area contributed by atoms with Gasteiger partial charge in [0, 0.05) is 43.6 Å². The number of piperidine rings is 1. The Morgan fingerprint density at radius 2 is 2.24 bits per heavy atom. The van der Waals surface area contributed by atoms with E-state index in [4.69, 9.17) is 15.4 Å². The number of likely N-dealkylation sites (tertiary alicyclic amines) is 1. The highest BCUT2D eigenvalue weighted by atomic mass is 35.7. The van der Waals surface area contributed by atoms with Crippen LogP contribution in [0.25, 0.3) is 0 Å². The van der Waals surface area contributed by atoms with Crippen molar-refractivity contribution in [2.24, 2.45) is 7.05 Å². The summed E-state index contributed by atoms with van der Waals surface area (Å²) in [6.07, 6.45) is 3.21. The molecule has 1 fully saturated rings. The Bertz CT molecular complexity index is 624. The number of carbonyl (C=O) groups excluding carboxylic acids is 1. The second-order valence-electron chi connectivity index (χ2n) is 5.08. The number of carbonyl (C=O) groups is 1. The lowest BCUT2D eigenvalue weighted by molar-refractivity contribution is 0.00690. The number of halogens is 1. The van der Waals surface area contributed by atoms with Gasteiger partial charge in [-0.3, -0.25) is 4.79 Å². The summed E-state index contributed by atoms with van der Waals surface area (Å²) in [6, 6.07) is 1.31. The van der Waals surface area contributed by atoms with Gasteiger partial charge in [0.05, 0.1) is 6.10 Å². The number of ether oxygens (including phenoxy) is 1. The summed E-state index contributed by atoms with van der Waals surface area (Å²) in [5, 5.41) is 0. The molecule has 0 aliphatic carbocycles. The van der Waals surface area contributed by atoms with Gasteiger partial charge in [0.1, 0.15) is 10.6 Å². The van der Waals surface area contributed by atoms with Gasteiger partial charge in [0.2, 0.25) is 0 Å². The Morgan fingerprint density at radius 1 is 1.52 bits per heavy atom. The Labute approximate surface area is 129 Å². The predicted octanol–water partition coefficient (Wildman–Crippen LogP) is 1.59.